The molecule has 1 aliphatic rings. The zero-order valence-electron chi connectivity index (χ0n) is 17.0. The number of rotatable bonds is 5. The van der Waals surface area contributed by atoms with Crippen molar-refractivity contribution >= 4 is 29.2 Å². The molecule has 0 saturated carbocycles. The molecule has 0 atom stereocenters. The van der Waals surface area contributed by atoms with Crippen LogP contribution in [-0.4, -0.2) is 47.3 Å². The summed E-state index contributed by atoms with van der Waals surface area (Å²) in [6, 6.07) is 5.29. The van der Waals surface area contributed by atoms with Gasteiger partial charge < -0.3 is 20.4 Å². The van der Waals surface area contributed by atoms with Crippen molar-refractivity contribution in [3.8, 4) is 0 Å². The number of aromatic carboxylic acids is 1. The largest absolute Gasteiger partial charge is 0.490 e. The van der Waals surface area contributed by atoms with Gasteiger partial charge in [-0.15, -0.1) is 0 Å². The fourth-order valence-electron chi connectivity index (χ4n) is 2.92. The van der Waals surface area contributed by atoms with Gasteiger partial charge in [-0.25, -0.2) is 9.59 Å². The first kappa shape index (κ1) is 25.3. The molecular weight excluding hydrogens is 405 g/mol. The second kappa shape index (κ2) is 11.4. The van der Waals surface area contributed by atoms with Gasteiger partial charge in [0.15, 0.2) is 0 Å². The highest BCUT2D eigenvalue weighted by molar-refractivity contribution is 6.01. The molecule has 168 valence electrons. The Morgan fingerprint density at radius 3 is 2.03 bits per heavy atom. The van der Waals surface area contributed by atoms with Crippen LogP contribution in [-0.2, 0) is 9.59 Å². The molecule has 7 nitrogen and oxygen atoms in total. The molecule has 30 heavy (non-hydrogen) atoms. The minimum absolute atomic E-state index is 0.148. The maximum atomic E-state index is 11.9. The summed E-state index contributed by atoms with van der Waals surface area (Å²) in [5.41, 5.74) is 1.46. The van der Waals surface area contributed by atoms with Gasteiger partial charge in [0.2, 0.25) is 5.91 Å². The number of halogens is 3. The Hall–Kier alpha value is -2.78. The fraction of sp³-hybridized carbons (Fsp3) is 0.550. The second-order valence-corrected chi connectivity index (χ2v) is 7.39. The van der Waals surface area contributed by atoms with Crippen molar-refractivity contribution < 1.29 is 37.8 Å². The van der Waals surface area contributed by atoms with Crippen LogP contribution >= 0.6 is 0 Å². The van der Waals surface area contributed by atoms with E-state index in [-0.39, 0.29) is 17.4 Å². The van der Waals surface area contributed by atoms with Crippen molar-refractivity contribution in [2.24, 2.45) is 5.92 Å². The molecule has 1 fully saturated rings. The van der Waals surface area contributed by atoms with E-state index in [0.717, 1.165) is 31.6 Å². The fourth-order valence-corrected chi connectivity index (χ4v) is 2.92. The van der Waals surface area contributed by atoms with Gasteiger partial charge >= 0.3 is 18.1 Å². The average molecular weight is 432 g/mol. The Morgan fingerprint density at radius 2 is 1.60 bits per heavy atom. The highest BCUT2D eigenvalue weighted by atomic mass is 19.4. The third-order valence-electron chi connectivity index (χ3n) is 4.32. The van der Waals surface area contributed by atoms with Gasteiger partial charge in [-0.3, -0.25) is 4.79 Å². The highest BCUT2D eigenvalue weighted by Crippen LogP contribution is 2.26. The van der Waals surface area contributed by atoms with Crippen LogP contribution in [0.4, 0.5) is 24.5 Å². The Labute approximate surface area is 172 Å². The lowest BCUT2D eigenvalue weighted by Gasteiger charge is -2.23. The molecule has 1 amide bonds. The van der Waals surface area contributed by atoms with Crippen LogP contribution in [0.2, 0.25) is 0 Å². The van der Waals surface area contributed by atoms with Crippen LogP contribution in [0.5, 0.6) is 0 Å². The Morgan fingerprint density at radius 1 is 1.07 bits per heavy atom. The smallest absolute Gasteiger partial charge is 0.478 e. The van der Waals surface area contributed by atoms with Crippen LogP contribution < -0.4 is 10.2 Å². The number of carbonyl (C=O) groups is 3. The third-order valence-corrected chi connectivity index (χ3v) is 4.32. The van der Waals surface area contributed by atoms with Crippen molar-refractivity contribution in [3.63, 3.8) is 0 Å². The molecule has 0 spiro atoms. The standard InChI is InChI=1S/C18H26N2O3.C2HF3O2/c1-13(2)11-17(21)19-16-8-7-14(12-15(16)18(22)23)20-9-5-3-4-6-10-20;3-2(4,5)1(6)7/h7-8,12-13H,3-6,9-11H2,1-2H3,(H,19,21)(H,22,23);(H,6,7). The van der Waals surface area contributed by atoms with E-state index in [0.29, 0.717) is 12.1 Å². The van der Waals surface area contributed by atoms with Crippen LogP contribution in [0.25, 0.3) is 0 Å². The lowest BCUT2D eigenvalue weighted by molar-refractivity contribution is -0.192. The van der Waals surface area contributed by atoms with Gasteiger partial charge in [-0.1, -0.05) is 26.7 Å². The normalized spacial score (nSPS) is 14.4. The first-order chi connectivity index (χ1) is 13.9. The highest BCUT2D eigenvalue weighted by Gasteiger charge is 2.38. The summed E-state index contributed by atoms with van der Waals surface area (Å²) < 4.78 is 31.7. The van der Waals surface area contributed by atoms with E-state index in [1.54, 1.807) is 12.1 Å². The first-order valence-electron chi connectivity index (χ1n) is 9.64. The summed E-state index contributed by atoms with van der Waals surface area (Å²) in [7, 11) is 0. The van der Waals surface area contributed by atoms with Gasteiger partial charge in [0.1, 0.15) is 0 Å². The first-order valence-corrected chi connectivity index (χ1v) is 9.64. The Balaban J connectivity index is 0.000000553. The van der Waals surface area contributed by atoms with Crippen LogP contribution in [0.3, 0.4) is 0 Å². The van der Waals surface area contributed by atoms with Crippen molar-refractivity contribution in [1.82, 2.24) is 0 Å². The molecule has 0 unspecified atom stereocenters. The average Bonchev–Trinajstić information content (AvgIpc) is 2.90. The summed E-state index contributed by atoms with van der Waals surface area (Å²) in [4.78, 5) is 34.6. The molecule has 0 bridgehead atoms. The molecule has 1 aromatic rings. The molecule has 0 aromatic heterocycles. The predicted octanol–water partition coefficient (Wildman–Crippen LogP) is 4.38. The van der Waals surface area contributed by atoms with Gasteiger partial charge in [-0.2, -0.15) is 13.2 Å². The Bertz CT molecular complexity index is 742. The summed E-state index contributed by atoms with van der Waals surface area (Å²) in [6.07, 6.45) is 0.0226. The van der Waals surface area contributed by atoms with Crippen molar-refractivity contribution in [2.75, 3.05) is 23.3 Å². The number of alkyl halides is 3. The van der Waals surface area contributed by atoms with Crippen molar-refractivity contribution in [3.05, 3.63) is 23.8 Å². The van der Waals surface area contributed by atoms with Gasteiger partial charge in [0.05, 0.1) is 11.3 Å². The van der Waals surface area contributed by atoms with Crippen LogP contribution in [0.15, 0.2) is 18.2 Å². The second-order valence-electron chi connectivity index (χ2n) is 7.39. The quantitative estimate of drug-likeness (QED) is 0.637. The minimum Gasteiger partial charge on any atom is -0.478 e. The zero-order chi connectivity index (χ0) is 22.9. The lowest BCUT2D eigenvalue weighted by atomic mass is 10.1. The number of anilines is 2. The number of hydrogen-bond donors (Lipinski definition) is 3. The summed E-state index contributed by atoms with van der Waals surface area (Å²) in [5, 5.41) is 19.3. The Kier molecular flexibility index (Phi) is 9.61. The number of amides is 1. The number of nitrogens with zero attached hydrogens (tertiary/aromatic N) is 1. The molecule has 1 aromatic carbocycles. The molecule has 1 aliphatic heterocycles. The molecule has 0 radical (unpaired) electrons. The zero-order valence-corrected chi connectivity index (χ0v) is 17.0. The number of carboxylic acids is 2. The molecule has 0 aliphatic carbocycles. The lowest BCUT2D eigenvalue weighted by Crippen LogP contribution is -2.24. The van der Waals surface area contributed by atoms with Crippen LogP contribution in [0.1, 0.15) is 56.3 Å². The van der Waals surface area contributed by atoms with E-state index in [4.69, 9.17) is 9.90 Å². The number of carbonyl (C=O) groups excluding carboxylic acids is 1. The summed E-state index contributed by atoms with van der Waals surface area (Å²) in [6.45, 7) is 5.83. The molecule has 3 N–H and O–H groups in total. The number of nitrogens with one attached hydrogen (secondary N) is 1. The third kappa shape index (κ3) is 8.71. The van der Waals surface area contributed by atoms with Gasteiger partial charge in [-0.05, 0) is 37.0 Å². The maximum Gasteiger partial charge on any atom is 0.490 e. The molecule has 1 saturated heterocycles. The van der Waals surface area contributed by atoms with E-state index < -0.39 is 18.1 Å². The monoisotopic (exact) mass is 432 g/mol. The van der Waals surface area contributed by atoms with Gasteiger partial charge in [0, 0.05) is 25.2 Å². The van der Waals surface area contributed by atoms with Crippen molar-refractivity contribution in [2.45, 2.75) is 52.1 Å². The molecule has 1 heterocycles. The molecule has 2 rings (SSSR count). The topological polar surface area (TPSA) is 107 Å². The van der Waals surface area contributed by atoms with E-state index in [1.165, 1.54) is 12.8 Å². The summed E-state index contributed by atoms with van der Waals surface area (Å²) >= 11 is 0. The van der Waals surface area contributed by atoms with E-state index in [1.807, 2.05) is 19.9 Å². The molecule has 10 heteroatoms. The van der Waals surface area contributed by atoms with Gasteiger partial charge in [0.25, 0.3) is 0 Å². The van der Waals surface area contributed by atoms with E-state index >= 15 is 0 Å². The predicted molar refractivity (Wildman–Crippen MR) is 106 cm³/mol. The minimum atomic E-state index is -5.08. The molecular formula is C20H27F3N2O5. The number of hydrogen-bond acceptors (Lipinski definition) is 4. The number of benzene rings is 1. The summed E-state index contributed by atoms with van der Waals surface area (Å²) in [5.74, 6) is -3.68. The van der Waals surface area contributed by atoms with Crippen molar-refractivity contribution in [1.29, 1.82) is 0 Å². The maximum absolute atomic E-state index is 11.9. The van der Waals surface area contributed by atoms with Crippen LogP contribution in [0, 0.1) is 5.92 Å². The SMILES string of the molecule is CC(C)CC(=O)Nc1ccc(N2CCCCCC2)cc1C(=O)O.O=C(O)C(F)(F)F. The number of aliphatic carboxylic acids is 1. The van der Waals surface area contributed by atoms with E-state index in [9.17, 15) is 27.9 Å². The number of carboxylic acid groups (broad SMARTS) is 2. The van der Waals surface area contributed by atoms with E-state index in [2.05, 4.69) is 10.2 Å².